The molecule has 0 aliphatic carbocycles. The van der Waals surface area contributed by atoms with Crippen molar-refractivity contribution in [2.45, 2.75) is 63.0 Å². The number of hydrogen-bond donors (Lipinski definition) is 5. The molecule has 56 heavy (non-hydrogen) atoms. The lowest BCUT2D eigenvalue weighted by atomic mass is 9.97. The summed E-state index contributed by atoms with van der Waals surface area (Å²) in [5.41, 5.74) is 1.21. The second kappa shape index (κ2) is 23.7. The van der Waals surface area contributed by atoms with Gasteiger partial charge in [-0.05, 0) is 30.7 Å². The summed E-state index contributed by atoms with van der Waals surface area (Å²) in [5, 5.41) is 39.4. The van der Waals surface area contributed by atoms with Crippen molar-refractivity contribution in [3.05, 3.63) is 36.2 Å². The highest BCUT2D eigenvalue weighted by atomic mass is 31.2. The highest BCUT2D eigenvalue weighted by Gasteiger charge is 2.45. The molecular formula is C33H49N4O18P. The van der Waals surface area contributed by atoms with E-state index in [-0.39, 0.29) is 51.3 Å². The molecule has 3 heterocycles. The lowest BCUT2D eigenvalue weighted by molar-refractivity contribution is -0.272. The van der Waals surface area contributed by atoms with Gasteiger partial charge in [-0.15, -0.1) is 10.2 Å². The first-order valence-corrected chi connectivity index (χ1v) is 19.7. The van der Waals surface area contributed by atoms with Crippen LogP contribution in [-0.4, -0.2) is 172 Å². The number of aromatic nitrogens is 3. The van der Waals surface area contributed by atoms with Gasteiger partial charge in [0.1, 0.15) is 29.8 Å². The maximum atomic E-state index is 11.7. The number of nitrogens with zero attached hydrogens (tertiary/aromatic N) is 4. The highest BCUT2D eigenvalue weighted by Crippen LogP contribution is 2.37. The van der Waals surface area contributed by atoms with Crippen LogP contribution in [0.1, 0.15) is 31.4 Å². The first-order valence-electron chi connectivity index (χ1n) is 17.9. The number of hydrogen-bond acceptors (Lipinski definition) is 18. The third kappa shape index (κ3) is 15.8. The molecule has 23 heteroatoms. The molecule has 1 aromatic heterocycles. The Morgan fingerprint density at radius 3 is 1.86 bits per heavy atom. The minimum atomic E-state index is -4.37. The van der Waals surface area contributed by atoms with Crippen LogP contribution in [0.25, 0.3) is 5.69 Å². The van der Waals surface area contributed by atoms with Crippen LogP contribution < -0.4 is 4.74 Å². The van der Waals surface area contributed by atoms with Gasteiger partial charge in [0, 0.05) is 12.8 Å². The Kier molecular flexibility index (Phi) is 19.1. The van der Waals surface area contributed by atoms with E-state index in [1.54, 1.807) is 30.5 Å². The molecule has 2 amide bonds. The lowest BCUT2D eigenvalue weighted by Gasteiger charge is -2.40. The maximum Gasteiger partial charge on any atom is 0.335 e. The van der Waals surface area contributed by atoms with E-state index in [0.29, 0.717) is 75.9 Å². The SMILES string of the molecule is O=C(CCOCCOCCOCCOCCOCCOCc1cn(-c2ccc(O[C@H]3O[C@H](CCP(=O)(O)O)[C@@H](O)[C@H](O)[C@@H]3O)cc2)nn1)ON1C(=O)CCC1=O. The molecule has 2 aliphatic heterocycles. The van der Waals surface area contributed by atoms with Gasteiger partial charge in [-0.1, -0.05) is 5.21 Å². The molecule has 0 bridgehead atoms. The fraction of sp³-hybridized carbons (Fsp3) is 0.667. The minimum Gasteiger partial charge on any atom is -0.462 e. The van der Waals surface area contributed by atoms with Gasteiger partial charge >= 0.3 is 13.6 Å². The topological polar surface area (TPSA) is 286 Å². The molecule has 2 fully saturated rings. The number of amides is 2. The summed E-state index contributed by atoms with van der Waals surface area (Å²) in [6, 6.07) is 6.46. The van der Waals surface area contributed by atoms with Crippen molar-refractivity contribution in [1.29, 1.82) is 0 Å². The average molecular weight is 821 g/mol. The predicted octanol–water partition coefficient (Wildman–Crippen LogP) is -1.38. The van der Waals surface area contributed by atoms with Crippen LogP contribution in [0.2, 0.25) is 0 Å². The highest BCUT2D eigenvalue weighted by molar-refractivity contribution is 7.51. The number of imide groups is 1. The van der Waals surface area contributed by atoms with E-state index in [1.807, 2.05) is 0 Å². The van der Waals surface area contributed by atoms with Crippen LogP contribution in [0.3, 0.4) is 0 Å². The summed E-state index contributed by atoms with van der Waals surface area (Å²) in [6.45, 7) is 3.74. The van der Waals surface area contributed by atoms with Crippen molar-refractivity contribution in [2.75, 3.05) is 78.8 Å². The minimum absolute atomic E-state index is 0.0401. The van der Waals surface area contributed by atoms with Gasteiger partial charge in [0.2, 0.25) is 6.29 Å². The second-order valence-electron chi connectivity index (χ2n) is 12.4. The van der Waals surface area contributed by atoms with Gasteiger partial charge < -0.3 is 67.8 Å². The van der Waals surface area contributed by atoms with E-state index < -0.39 is 62.2 Å². The molecule has 22 nitrogen and oxygen atoms in total. The molecule has 2 saturated heterocycles. The van der Waals surface area contributed by atoms with Gasteiger partial charge in [-0.25, -0.2) is 9.48 Å². The fourth-order valence-corrected chi connectivity index (χ4v) is 5.68. The van der Waals surface area contributed by atoms with E-state index >= 15 is 0 Å². The summed E-state index contributed by atoms with van der Waals surface area (Å²) in [5.74, 6) is -1.52. The Labute approximate surface area is 321 Å². The van der Waals surface area contributed by atoms with E-state index in [2.05, 4.69) is 10.3 Å². The number of carbonyl (C=O) groups excluding carboxylic acids is 3. The first kappa shape index (κ1) is 45.2. The fourth-order valence-electron chi connectivity index (χ4n) is 5.09. The molecule has 2 aromatic rings. The van der Waals surface area contributed by atoms with E-state index in [0.717, 1.165) is 0 Å². The molecule has 5 atom stereocenters. The average Bonchev–Trinajstić information content (AvgIpc) is 3.77. The molecule has 1 aromatic carbocycles. The number of rotatable bonds is 27. The largest absolute Gasteiger partial charge is 0.462 e. The standard InChI is InChI=1S/C33H49N4O18P/c38-27-5-6-28(39)37(27)55-29(40)7-9-47-10-11-48-12-13-49-14-15-50-16-17-51-18-19-52-22-23-21-36(35-34-23)24-1-3-25(4-2-24)53-33-32(43)31(42)30(41)26(54-33)8-20-56(44,45)46/h1-4,21,26,30-33,41-43H,5-20,22H2,(H2,44,45,46)/t26-,30-,31+,32+,33+/m1/s1. The van der Waals surface area contributed by atoms with Gasteiger partial charge in [-0.3, -0.25) is 14.2 Å². The number of aliphatic hydroxyl groups excluding tert-OH is 3. The summed E-state index contributed by atoms with van der Waals surface area (Å²) in [6.07, 6.45) is -6.52. The third-order valence-electron chi connectivity index (χ3n) is 8.03. The molecule has 0 unspecified atom stereocenters. The van der Waals surface area contributed by atoms with Crippen LogP contribution in [0.15, 0.2) is 30.5 Å². The van der Waals surface area contributed by atoms with Crippen LogP contribution in [-0.2, 0) is 63.6 Å². The Hall–Kier alpha value is -3.48. The number of ether oxygens (including phenoxy) is 8. The third-order valence-corrected chi connectivity index (χ3v) is 8.87. The molecular weight excluding hydrogens is 771 g/mol. The zero-order valence-corrected chi connectivity index (χ0v) is 31.5. The summed E-state index contributed by atoms with van der Waals surface area (Å²) < 4.78 is 56.6. The monoisotopic (exact) mass is 820 g/mol. The zero-order valence-electron chi connectivity index (χ0n) is 30.6. The van der Waals surface area contributed by atoms with Crippen LogP contribution in [0.4, 0.5) is 0 Å². The van der Waals surface area contributed by atoms with Gasteiger partial charge in [0.15, 0.2) is 0 Å². The Bertz CT molecular complexity index is 1530. The first-order chi connectivity index (χ1) is 26.9. The van der Waals surface area contributed by atoms with E-state index in [9.17, 15) is 34.3 Å². The zero-order chi connectivity index (χ0) is 40.3. The lowest BCUT2D eigenvalue weighted by Crippen LogP contribution is -2.59. The van der Waals surface area contributed by atoms with Gasteiger partial charge in [0.05, 0.1) is 110 Å². The second-order valence-corrected chi connectivity index (χ2v) is 14.1. The Morgan fingerprint density at radius 1 is 0.768 bits per heavy atom. The van der Waals surface area contributed by atoms with Crippen LogP contribution in [0.5, 0.6) is 5.75 Å². The molecule has 0 radical (unpaired) electrons. The normalized spacial score (nSPS) is 21.5. The molecule has 0 spiro atoms. The maximum absolute atomic E-state index is 11.7. The molecule has 4 rings (SSSR count). The summed E-state index contributed by atoms with van der Waals surface area (Å²) in [7, 11) is -4.37. The number of aliphatic hydroxyl groups is 3. The van der Waals surface area contributed by atoms with Crippen LogP contribution >= 0.6 is 7.60 Å². The van der Waals surface area contributed by atoms with Crippen molar-refractivity contribution in [2.24, 2.45) is 0 Å². The van der Waals surface area contributed by atoms with Crippen molar-refractivity contribution >= 4 is 25.4 Å². The molecule has 5 N–H and O–H groups in total. The Balaban J connectivity index is 0.950. The Morgan fingerprint density at radius 2 is 1.30 bits per heavy atom. The van der Waals surface area contributed by atoms with Gasteiger partial charge in [-0.2, -0.15) is 0 Å². The van der Waals surface area contributed by atoms with E-state index in [1.165, 1.54) is 4.68 Å². The smallest absolute Gasteiger partial charge is 0.335 e. The van der Waals surface area contributed by atoms with Gasteiger partial charge in [0.25, 0.3) is 11.8 Å². The number of carbonyl (C=O) groups is 3. The summed E-state index contributed by atoms with van der Waals surface area (Å²) in [4.78, 5) is 57.5. The predicted molar refractivity (Wildman–Crippen MR) is 186 cm³/mol. The summed E-state index contributed by atoms with van der Waals surface area (Å²) >= 11 is 0. The van der Waals surface area contributed by atoms with Crippen molar-refractivity contribution in [3.8, 4) is 11.4 Å². The van der Waals surface area contributed by atoms with Crippen molar-refractivity contribution in [3.63, 3.8) is 0 Å². The number of hydroxylamine groups is 2. The molecule has 0 saturated carbocycles. The van der Waals surface area contributed by atoms with Crippen molar-refractivity contribution in [1.82, 2.24) is 20.1 Å². The van der Waals surface area contributed by atoms with Crippen molar-refractivity contribution < 1.29 is 86.8 Å². The van der Waals surface area contributed by atoms with E-state index in [4.69, 9.17) is 52.5 Å². The number of benzene rings is 1. The van der Waals surface area contributed by atoms with Crippen LogP contribution in [0, 0.1) is 0 Å². The quantitative estimate of drug-likeness (QED) is 0.0394. The molecule has 2 aliphatic rings. The molecule has 314 valence electrons.